The monoisotopic (exact) mass is 335 g/mol. The van der Waals surface area contributed by atoms with Gasteiger partial charge in [-0.1, -0.05) is 12.1 Å². The maximum Gasteiger partial charge on any atom is 0.265 e. The fourth-order valence-electron chi connectivity index (χ4n) is 2.81. The lowest BCUT2D eigenvalue weighted by Crippen LogP contribution is -2.41. The van der Waals surface area contributed by atoms with Crippen LogP contribution in [0.15, 0.2) is 48.5 Å². The number of nitrogens with zero attached hydrogens (tertiary/aromatic N) is 2. The number of para-hydroxylation sites is 2. The lowest BCUT2D eigenvalue weighted by Gasteiger charge is -2.27. The predicted octanol–water partition coefficient (Wildman–Crippen LogP) is 2.70. The summed E-state index contributed by atoms with van der Waals surface area (Å²) in [5.74, 6) is 0.154. The van der Waals surface area contributed by atoms with Crippen molar-refractivity contribution >= 4 is 23.2 Å². The van der Waals surface area contributed by atoms with E-state index in [9.17, 15) is 9.59 Å². The first-order valence-electron chi connectivity index (χ1n) is 7.92. The Kier molecular flexibility index (Phi) is 4.66. The van der Waals surface area contributed by atoms with Crippen molar-refractivity contribution in [2.75, 3.05) is 16.8 Å². The lowest BCUT2D eigenvalue weighted by molar-refractivity contribution is -0.121. The van der Waals surface area contributed by atoms with Gasteiger partial charge in [-0.2, -0.15) is 5.26 Å². The summed E-state index contributed by atoms with van der Waals surface area (Å²) in [7, 11) is 0. The van der Waals surface area contributed by atoms with Crippen molar-refractivity contribution in [3.05, 3.63) is 54.1 Å². The normalized spacial score (nSPS) is 16.2. The zero-order chi connectivity index (χ0) is 17.8. The lowest BCUT2D eigenvalue weighted by atomic mass is 10.1. The zero-order valence-electron chi connectivity index (χ0n) is 13.7. The zero-order valence-corrected chi connectivity index (χ0v) is 13.7. The Balaban J connectivity index is 1.78. The number of nitrogens with one attached hydrogen (secondary N) is 1. The van der Waals surface area contributed by atoms with Gasteiger partial charge in [0.1, 0.15) is 5.75 Å². The highest BCUT2D eigenvalue weighted by atomic mass is 16.5. The van der Waals surface area contributed by atoms with Gasteiger partial charge in [0.25, 0.3) is 5.91 Å². The summed E-state index contributed by atoms with van der Waals surface area (Å²) in [4.78, 5) is 26.3. The molecule has 6 heteroatoms. The van der Waals surface area contributed by atoms with Crippen molar-refractivity contribution in [3.8, 4) is 11.8 Å². The summed E-state index contributed by atoms with van der Waals surface area (Å²) in [6, 6.07) is 15.5. The Labute approximate surface area is 145 Å². The highest BCUT2D eigenvalue weighted by molar-refractivity contribution is 6.04. The molecule has 0 aromatic heterocycles. The Morgan fingerprint density at radius 1 is 1.28 bits per heavy atom. The van der Waals surface area contributed by atoms with Gasteiger partial charge >= 0.3 is 0 Å². The number of hydrogen-bond donors (Lipinski definition) is 1. The molecule has 1 aliphatic heterocycles. The van der Waals surface area contributed by atoms with E-state index in [1.165, 1.54) is 0 Å². The number of anilines is 2. The van der Waals surface area contributed by atoms with Crippen LogP contribution in [0.1, 0.15) is 18.9 Å². The maximum atomic E-state index is 12.7. The summed E-state index contributed by atoms with van der Waals surface area (Å²) in [6.07, 6.45) is 0.220. The highest BCUT2D eigenvalue weighted by Crippen LogP contribution is 2.31. The summed E-state index contributed by atoms with van der Waals surface area (Å²) in [6.45, 7) is 1.68. The number of carbonyl (C=O) groups excluding carboxylic acids is 2. The molecule has 2 aromatic carbocycles. The second kappa shape index (κ2) is 7.05. The van der Waals surface area contributed by atoms with Crippen molar-refractivity contribution in [3.63, 3.8) is 0 Å². The van der Waals surface area contributed by atoms with Crippen molar-refractivity contribution < 1.29 is 14.3 Å². The van der Waals surface area contributed by atoms with Gasteiger partial charge < -0.3 is 15.0 Å². The third-order valence-corrected chi connectivity index (χ3v) is 3.97. The molecule has 25 heavy (non-hydrogen) atoms. The van der Waals surface area contributed by atoms with Crippen LogP contribution in [-0.2, 0) is 9.59 Å². The number of nitriles is 1. The van der Waals surface area contributed by atoms with Gasteiger partial charge in [-0.05, 0) is 43.3 Å². The molecule has 1 aliphatic rings. The Morgan fingerprint density at radius 2 is 2.00 bits per heavy atom. The molecule has 1 atom stereocenters. The number of rotatable bonds is 3. The molecule has 1 N–H and O–H groups in total. The molecule has 0 spiro atoms. The van der Waals surface area contributed by atoms with Gasteiger partial charge in [0.15, 0.2) is 6.61 Å². The second-order valence-electron chi connectivity index (χ2n) is 5.81. The quantitative estimate of drug-likeness (QED) is 0.935. The maximum absolute atomic E-state index is 12.7. The molecule has 1 unspecified atom stereocenters. The van der Waals surface area contributed by atoms with Crippen LogP contribution in [0.2, 0.25) is 0 Å². The van der Waals surface area contributed by atoms with Gasteiger partial charge in [-0.15, -0.1) is 0 Å². The molecule has 0 bridgehead atoms. The van der Waals surface area contributed by atoms with E-state index in [0.29, 0.717) is 22.7 Å². The number of fused-ring (bicyclic) bond motifs is 1. The first kappa shape index (κ1) is 16.5. The second-order valence-corrected chi connectivity index (χ2v) is 5.81. The fourth-order valence-corrected chi connectivity index (χ4v) is 2.81. The standard InChI is InChI=1S/C19H17N3O3/c1-13-10-18(23)21-16-4-2-3-5-17(16)22(13)19(24)12-25-15-8-6-14(11-20)7-9-15/h2-9,13H,10,12H2,1H3,(H,21,23). The molecule has 6 nitrogen and oxygen atoms in total. The Morgan fingerprint density at radius 3 is 2.72 bits per heavy atom. The van der Waals surface area contributed by atoms with Crippen LogP contribution in [0, 0.1) is 11.3 Å². The molecule has 0 radical (unpaired) electrons. The van der Waals surface area contributed by atoms with E-state index < -0.39 is 0 Å². The molecule has 0 fully saturated rings. The minimum absolute atomic E-state index is 0.122. The van der Waals surface area contributed by atoms with Crippen LogP contribution in [0.5, 0.6) is 5.75 Å². The van der Waals surface area contributed by atoms with Crippen LogP contribution in [-0.4, -0.2) is 24.5 Å². The van der Waals surface area contributed by atoms with E-state index in [-0.39, 0.29) is 30.9 Å². The topological polar surface area (TPSA) is 82.4 Å². The van der Waals surface area contributed by atoms with E-state index in [2.05, 4.69) is 5.32 Å². The van der Waals surface area contributed by atoms with Gasteiger partial charge in [0.05, 0.1) is 23.0 Å². The summed E-state index contributed by atoms with van der Waals surface area (Å²) in [5.41, 5.74) is 1.80. The highest BCUT2D eigenvalue weighted by Gasteiger charge is 2.29. The molecule has 3 rings (SSSR count). The van der Waals surface area contributed by atoms with E-state index in [0.717, 1.165) is 0 Å². The van der Waals surface area contributed by atoms with Gasteiger partial charge in [0.2, 0.25) is 5.91 Å². The number of amides is 2. The third-order valence-electron chi connectivity index (χ3n) is 3.97. The largest absolute Gasteiger partial charge is 0.484 e. The SMILES string of the molecule is CC1CC(=O)Nc2ccccc2N1C(=O)COc1ccc(C#N)cc1. The van der Waals surface area contributed by atoms with E-state index >= 15 is 0 Å². The van der Waals surface area contributed by atoms with Gasteiger partial charge in [-0.25, -0.2) is 0 Å². The summed E-state index contributed by atoms with van der Waals surface area (Å²) in [5, 5.41) is 11.6. The average molecular weight is 335 g/mol. The fraction of sp³-hybridized carbons (Fsp3) is 0.211. The minimum Gasteiger partial charge on any atom is -0.484 e. The molecule has 2 aromatic rings. The molecular formula is C19H17N3O3. The minimum atomic E-state index is -0.277. The molecule has 0 aliphatic carbocycles. The smallest absolute Gasteiger partial charge is 0.265 e. The molecular weight excluding hydrogens is 318 g/mol. The van der Waals surface area contributed by atoms with E-state index in [1.54, 1.807) is 41.3 Å². The van der Waals surface area contributed by atoms with E-state index in [1.807, 2.05) is 25.1 Å². The van der Waals surface area contributed by atoms with E-state index in [4.69, 9.17) is 10.00 Å². The van der Waals surface area contributed by atoms with Crippen molar-refractivity contribution in [1.82, 2.24) is 0 Å². The van der Waals surface area contributed by atoms with Crippen molar-refractivity contribution in [1.29, 1.82) is 5.26 Å². The van der Waals surface area contributed by atoms with Gasteiger partial charge in [-0.3, -0.25) is 9.59 Å². The first-order chi connectivity index (χ1) is 12.1. The van der Waals surface area contributed by atoms with Crippen LogP contribution in [0.3, 0.4) is 0 Å². The Hall–Kier alpha value is -3.33. The van der Waals surface area contributed by atoms with Crippen molar-refractivity contribution in [2.45, 2.75) is 19.4 Å². The van der Waals surface area contributed by atoms with Crippen LogP contribution in [0.25, 0.3) is 0 Å². The third kappa shape index (κ3) is 3.61. The number of hydrogen-bond acceptors (Lipinski definition) is 4. The molecule has 126 valence electrons. The number of carbonyl (C=O) groups is 2. The molecule has 1 heterocycles. The predicted molar refractivity (Wildman–Crippen MR) is 93.3 cm³/mol. The van der Waals surface area contributed by atoms with Crippen LogP contribution < -0.4 is 15.0 Å². The van der Waals surface area contributed by atoms with Crippen LogP contribution in [0.4, 0.5) is 11.4 Å². The summed E-state index contributed by atoms with van der Waals surface area (Å²) >= 11 is 0. The molecule has 0 saturated carbocycles. The van der Waals surface area contributed by atoms with Crippen LogP contribution >= 0.6 is 0 Å². The van der Waals surface area contributed by atoms with Gasteiger partial charge in [0, 0.05) is 12.5 Å². The molecule has 2 amide bonds. The molecule has 0 saturated heterocycles. The summed E-state index contributed by atoms with van der Waals surface area (Å²) < 4.78 is 5.55. The average Bonchev–Trinajstić information content (AvgIpc) is 2.74. The number of benzene rings is 2. The first-order valence-corrected chi connectivity index (χ1v) is 7.92. The Bertz CT molecular complexity index is 840. The van der Waals surface area contributed by atoms with Crippen molar-refractivity contribution in [2.24, 2.45) is 0 Å². The number of ether oxygens (including phenoxy) is 1.